The first-order valence-electron chi connectivity index (χ1n) is 16.1. The molecule has 2 unspecified atom stereocenters. The quantitative estimate of drug-likeness (QED) is 0.287. The van der Waals surface area contributed by atoms with Crippen molar-refractivity contribution in [2.24, 2.45) is 0 Å². The number of nitrogens with zero attached hydrogens (tertiary/aromatic N) is 2. The number of hydrogen-bond acceptors (Lipinski definition) is 8. The Morgan fingerprint density at radius 1 is 0.979 bits per heavy atom. The highest BCUT2D eigenvalue weighted by Crippen LogP contribution is 2.33. The van der Waals surface area contributed by atoms with Crippen LogP contribution in [0.5, 0.6) is 5.75 Å². The largest absolute Gasteiger partial charge is 0.489 e. The molecule has 0 aromatic heterocycles. The van der Waals surface area contributed by atoms with E-state index in [2.05, 4.69) is 15.1 Å². The molecule has 2 aliphatic rings. The lowest BCUT2D eigenvalue weighted by molar-refractivity contribution is -0.137. The maximum Gasteiger partial charge on any atom is 0.416 e. The van der Waals surface area contributed by atoms with Gasteiger partial charge in [0.05, 0.1) is 47.6 Å². The van der Waals surface area contributed by atoms with Gasteiger partial charge < -0.3 is 24.8 Å². The average Bonchev–Trinajstić information content (AvgIpc) is 3.44. The highest BCUT2D eigenvalue weighted by molar-refractivity contribution is 7.91. The Bertz CT molecular complexity index is 1630. The van der Waals surface area contributed by atoms with Crippen molar-refractivity contribution in [1.29, 1.82) is 0 Å². The number of aliphatic hydroxyl groups excluding tert-OH is 1. The molecule has 0 spiro atoms. The van der Waals surface area contributed by atoms with Crippen LogP contribution in [-0.4, -0.2) is 87.2 Å². The molecule has 0 aliphatic carbocycles. The van der Waals surface area contributed by atoms with E-state index in [1.165, 1.54) is 24.3 Å². The fraction of sp³-hybridized carbons (Fsp3) is 0.457. The Morgan fingerprint density at radius 2 is 1.60 bits per heavy atom. The molecule has 5 rings (SSSR count). The number of halogens is 3. The van der Waals surface area contributed by atoms with E-state index in [4.69, 9.17) is 9.47 Å². The minimum atomic E-state index is -4.42. The van der Waals surface area contributed by atoms with Gasteiger partial charge in [0, 0.05) is 43.3 Å². The second-order valence-corrected chi connectivity index (χ2v) is 14.8. The van der Waals surface area contributed by atoms with Crippen molar-refractivity contribution in [2.75, 3.05) is 43.4 Å². The number of amides is 1. The van der Waals surface area contributed by atoms with E-state index in [1.807, 2.05) is 26.0 Å². The summed E-state index contributed by atoms with van der Waals surface area (Å²) in [6, 6.07) is 17.3. The molecule has 0 bridgehead atoms. The third kappa shape index (κ3) is 8.68. The molecule has 1 amide bonds. The number of alkyl halides is 3. The van der Waals surface area contributed by atoms with Crippen molar-refractivity contribution in [3.05, 3.63) is 89.5 Å². The summed E-state index contributed by atoms with van der Waals surface area (Å²) in [5, 5.41) is 12.8. The Morgan fingerprint density at radius 3 is 2.17 bits per heavy atom. The lowest BCUT2D eigenvalue weighted by atomic mass is 10.1. The smallest absolute Gasteiger partial charge is 0.416 e. The van der Waals surface area contributed by atoms with Crippen LogP contribution >= 0.6 is 0 Å². The van der Waals surface area contributed by atoms with Crippen LogP contribution in [-0.2, 0) is 20.8 Å². The van der Waals surface area contributed by atoms with E-state index in [1.54, 1.807) is 31.2 Å². The molecule has 5 atom stereocenters. The van der Waals surface area contributed by atoms with E-state index in [9.17, 15) is 31.5 Å². The van der Waals surface area contributed by atoms with Crippen molar-refractivity contribution < 1.29 is 41.0 Å². The summed E-state index contributed by atoms with van der Waals surface area (Å²) < 4.78 is 75.6. The number of sulfone groups is 1. The molecule has 0 saturated carbocycles. The van der Waals surface area contributed by atoms with Gasteiger partial charge in [-0.25, -0.2) is 8.42 Å². The first kappa shape index (κ1) is 35.7. The maximum absolute atomic E-state index is 13.2. The van der Waals surface area contributed by atoms with Gasteiger partial charge in [-0.1, -0.05) is 19.1 Å². The van der Waals surface area contributed by atoms with Gasteiger partial charge >= 0.3 is 6.18 Å². The lowest BCUT2D eigenvalue weighted by Gasteiger charge is -2.38. The fourth-order valence-electron chi connectivity index (χ4n) is 6.45. The first-order valence-corrected chi connectivity index (χ1v) is 17.7. The topological polar surface area (TPSA) is 108 Å². The van der Waals surface area contributed by atoms with Crippen molar-refractivity contribution in [1.82, 2.24) is 10.2 Å². The van der Waals surface area contributed by atoms with Gasteiger partial charge in [-0.3, -0.25) is 9.69 Å². The van der Waals surface area contributed by atoms with Gasteiger partial charge in [0.15, 0.2) is 9.84 Å². The molecule has 9 nitrogen and oxygen atoms in total. The standard InChI is InChI=1S/C35H42F3N3O6S/c1-4-48(44,45)32-15-7-25(8-16-32)33(22-42)39-34(43)26-5-11-28(12-6-26)41-21-31(47-30-13-9-27(10-14-30)35(36,37)38)17-29(41)20-40-18-23(2)46-24(3)19-40/h5-16,23-24,29,31,33,42H,4,17-22H2,1-3H3,(H,39,43)/t23?,24?,29-,31+,33-/m0/s1. The molecular formula is C35H42F3N3O6S. The third-order valence-corrected chi connectivity index (χ3v) is 10.5. The van der Waals surface area contributed by atoms with Crippen LogP contribution in [0.2, 0.25) is 0 Å². The van der Waals surface area contributed by atoms with Crippen molar-refractivity contribution in [2.45, 2.75) is 68.7 Å². The zero-order chi connectivity index (χ0) is 34.6. The Labute approximate surface area is 279 Å². The Kier molecular flexibility index (Phi) is 11.0. The Balaban J connectivity index is 1.29. The lowest BCUT2D eigenvalue weighted by Crippen LogP contribution is -2.50. The summed E-state index contributed by atoms with van der Waals surface area (Å²) in [4.78, 5) is 17.9. The van der Waals surface area contributed by atoms with Crippen molar-refractivity contribution in [3.63, 3.8) is 0 Å². The summed E-state index contributed by atoms with van der Waals surface area (Å²) in [5.74, 6) is -0.0583. The van der Waals surface area contributed by atoms with Crippen LogP contribution in [0.4, 0.5) is 18.9 Å². The SMILES string of the molecule is CCS(=O)(=O)c1ccc([C@H](CO)NC(=O)c2ccc(N3C[C@H](Oc4ccc(C(F)(F)F)cc4)C[C@H]3CN3CC(C)OC(C)C3)cc2)cc1. The third-order valence-electron chi connectivity index (χ3n) is 8.80. The molecule has 2 aliphatic heterocycles. The minimum absolute atomic E-state index is 0.0286. The van der Waals surface area contributed by atoms with Gasteiger partial charge in [-0.05, 0) is 80.1 Å². The minimum Gasteiger partial charge on any atom is -0.489 e. The number of carbonyl (C=O) groups is 1. The summed E-state index contributed by atoms with van der Waals surface area (Å²) in [7, 11) is -3.38. The number of aliphatic hydroxyl groups is 1. The molecule has 260 valence electrons. The first-order chi connectivity index (χ1) is 22.7. The molecule has 2 N–H and O–H groups in total. The van der Waals surface area contributed by atoms with Crippen molar-refractivity contribution >= 4 is 21.4 Å². The fourth-order valence-corrected chi connectivity index (χ4v) is 7.33. The van der Waals surface area contributed by atoms with Crippen LogP contribution < -0.4 is 15.0 Å². The van der Waals surface area contributed by atoms with Crippen LogP contribution in [0.15, 0.2) is 77.7 Å². The van der Waals surface area contributed by atoms with E-state index in [0.717, 1.165) is 37.5 Å². The number of nitrogens with one attached hydrogen (secondary N) is 1. The second-order valence-electron chi connectivity index (χ2n) is 12.5. The van der Waals surface area contributed by atoms with E-state index in [-0.39, 0.29) is 41.6 Å². The van der Waals surface area contributed by atoms with Gasteiger partial charge in [-0.15, -0.1) is 0 Å². The van der Waals surface area contributed by atoms with Gasteiger partial charge in [0.25, 0.3) is 5.91 Å². The number of rotatable bonds is 11. The number of ether oxygens (including phenoxy) is 2. The number of carbonyl (C=O) groups excluding carboxylic acids is 1. The van der Waals surface area contributed by atoms with Gasteiger partial charge in [0.2, 0.25) is 0 Å². The molecule has 2 saturated heterocycles. The highest BCUT2D eigenvalue weighted by Gasteiger charge is 2.37. The zero-order valence-corrected chi connectivity index (χ0v) is 28.0. The van der Waals surface area contributed by atoms with Crippen LogP contribution in [0.1, 0.15) is 54.7 Å². The van der Waals surface area contributed by atoms with E-state index in [0.29, 0.717) is 29.8 Å². The molecule has 48 heavy (non-hydrogen) atoms. The van der Waals surface area contributed by atoms with Crippen LogP contribution in [0, 0.1) is 0 Å². The van der Waals surface area contributed by atoms with Crippen LogP contribution in [0.3, 0.4) is 0 Å². The number of anilines is 1. The number of hydrogen-bond donors (Lipinski definition) is 2. The van der Waals surface area contributed by atoms with E-state index >= 15 is 0 Å². The monoisotopic (exact) mass is 689 g/mol. The number of benzene rings is 3. The molecule has 3 aromatic rings. The molecule has 2 fully saturated rings. The highest BCUT2D eigenvalue weighted by atomic mass is 32.2. The molecule has 2 heterocycles. The molecule has 0 radical (unpaired) electrons. The zero-order valence-electron chi connectivity index (χ0n) is 27.2. The maximum atomic E-state index is 13.2. The molecule has 3 aromatic carbocycles. The molecule has 13 heteroatoms. The predicted octanol–water partition coefficient (Wildman–Crippen LogP) is 5.10. The van der Waals surface area contributed by atoms with Gasteiger partial charge in [-0.2, -0.15) is 13.2 Å². The summed E-state index contributed by atoms with van der Waals surface area (Å²) in [6.45, 7) is 8.08. The summed E-state index contributed by atoms with van der Waals surface area (Å²) in [6.07, 6.45) is -3.86. The Hall–Kier alpha value is -3.65. The van der Waals surface area contributed by atoms with Crippen LogP contribution in [0.25, 0.3) is 0 Å². The van der Waals surface area contributed by atoms with E-state index < -0.39 is 33.5 Å². The van der Waals surface area contributed by atoms with Gasteiger partial charge in [0.1, 0.15) is 11.9 Å². The summed E-state index contributed by atoms with van der Waals surface area (Å²) >= 11 is 0. The normalized spacial score (nSPS) is 22.8. The summed E-state index contributed by atoms with van der Waals surface area (Å²) in [5.41, 5.74) is 1.09. The molecular weight excluding hydrogens is 647 g/mol. The average molecular weight is 690 g/mol. The second kappa shape index (κ2) is 14.9. The predicted molar refractivity (Wildman–Crippen MR) is 176 cm³/mol. The van der Waals surface area contributed by atoms with Crippen molar-refractivity contribution in [3.8, 4) is 5.75 Å². The number of morpholine rings is 1.